The topological polar surface area (TPSA) is 81.7 Å². The van der Waals surface area contributed by atoms with E-state index in [1.165, 1.54) is 24.3 Å². The summed E-state index contributed by atoms with van der Waals surface area (Å²) in [6.45, 7) is 3.68. The van der Waals surface area contributed by atoms with Gasteiger partial charge in [0.2, 0.25) is 0 Å². The molecule has 0 unspecified atom stereocenters. The van der Waals surface area contributed by atoms with Crippen LogP contribution in [0.25, 0.3) is 0 Å². The molecule has 3 aliphatic heterocycles. The third-order valence-corrected chi connectivity index (χ3v) is 8.43. The number of hydrogen-bond donors (Lipinski definition) is 0. The van der Waals surface area contributed by atoms with Crippen molar-refractivity contribution in [3.05, 3.63) is 76.9 Å². The van der Waals surface area contributed by atoms with Crippen LogP contribution in [0.1, 0.15) is 48.1 Å². The van der Waals surface area contributed by atoms with Gasteiger partial charge in [-0.2, -0.15) is 13.2 Å². The van der Waals surface area contributed by atoms with Crippen LogP contribution in [-0.2, 0) is 26.3 Å². The van der Waals surface area contributed by atoms with E-state index in [2.05, 4.69) is 0 Å². The van der Waals surface area contributed by atoms with Crippen LogP contribution in [0, 0.1) is 0 Å². The maximum atomic E-state index is 14.5. The second-order valence-electron chi connectivity index (χ2n) is 11.3. The number of fused-ring (bicyclic) bond motifs is 6. The van der Waals surface area contributed by atoms with Gasteiger partial charge in [0.05, 0.1) is 26.7 Å². The molecule has 3 aliphatic rings. The molecular weight excluding hydrogens is 569 g/mol. The Labute approximate surface area is 246 Å². The van der Waals surface area contributed by atoms with Crippen LogP contribution in [0.5, 0.6) is 28.7 Å². The van der Waals surface area contributed by atoms with Crippen LogP contribution in [0.4, 0.5) is 13.2 Å². The van der Waals surface area contributed by atoms with Gasteiger partial charge < -0.3 is 33.2 Å². The number of esters is 1. The number of rotatable bonds is 6. The normalized spacial score (nSPS) is 22.7. The average molecular weight is 601 g/mol. The molecule has 6 rings (SSSR count). The Balaban J connectivity index is 1.32. The molecule has 11 heteroatoms. The van der Waals surface area contributed by atoms with Gasteiger partial charge >= 0.3 is 12.1 Å². The number of benzene rings is 3. The van der Waals surface area contributed by atoms with E-state index in [1.807, 2.05) is 12.1 Å². The van der Waals surface area contributed by atoms with Crippen LogP contribution in [0.15, 0.2) is 54.6 Å². The van der Waals surface area contributed by atoms with Crippen LogP contribution in [-0.4, -0.2) is 51.8 Å². The molecule has 3 aromatic rings. The highest BCUT2D eigenvalue weighted by atomic mass is 19.4. The van der Waals surface area contributed by atoms with Crippen molar-refractivity contribution >= 4 is 5.97 Å². The van der Waals surface area contributed by atoms with E-state index in [0.29, 0.717) is 40.9 Å². The molecule has 0 saturated carbocycles. The monoisotopic (exact) mass is 600 g/mol. The van der Waals surface area contributed by atoms with Crippen LogP contribution >= 0.6 is 0 Å². The van der Waals surface area contributed by atoms with Gasteiger partial charge in [-0.05, 0) is 31.5 Å². The summed E-state index contributed by atoms with van der Waals surface area (Å²) in [5.74, 6) is 1.13. The first-order chi connectivity index (χ1) is 20.4. The summed E-state index contributed by atoms with van der Waals surface area (Å²) in [6, 6.07) is 14.0. The maximum Gasteiger partial charge on any atom is 0.432 e. The van der Waals surface area contributed by atoms with Crippen molar-refractivity contribution in [1.29, 1.82) is 0 Å². The lowest BCUT2D eigenvalue weighted by molar-refractivity contribution is -0.280. The highest BCUT2D eigenvalue weighted by molar-refractivity contribution is 5.83. The number of methoxy groups -OCH3 is 3. The van der Waals surface area contributed by atoms with Crippen molar-refractivity contribution in [3.63, 3.8) is 0 Å². The molecule has 0 fully saturated rings. The lowest BCUT2D eigenvalue weighted by Crippen LogP contribution is -2.56. The number of carbonyl (C=O) groups is 1. The zero-order valence-corrected chi connectivity index (χ0v) is 24.2. The minimum atomic E-state index is -5.09. The summed E-state index contributed by atoms with van der Waals surface area (Å²) in [7, 11) is 3.95. The van der Waals surface area contributed by atoms with Gasteiger partial charge in [0.15, 0.2) is 11.5 Å². The first kappa shape index (κ1) is 29.0. The Morgan fingerprint density at radius 2 is 1.60 bits per heavy atom. The molecule has 0 aliphatic carbocycles. The van der Waals surface area contributed by atoms with Gasteiger partial charge in [-0.3, -0.25) is 0 Å². The summed E-state index contributed by atoms with van der Waals surface area (Å²) in [5, 5.41) is 0. The minimum absolute atomic E-state index is 0.0970. The number of carbonyl (C=O) groups excluding carboxylic acids is 1. The summed E-state index contributed by atoms with van der Waals surface area (Å²) >= 11 is 0. The Hall–Kier alpha value is -4.12. The summed E-state index contributed by atoms with van der Waals surface area (Å²) < 4.78 is 83.7. The molecule has 0 bridgehead atoms. The molecule has 228 valence electrons. The lowest BCUT2D eigenvalue weighted by atomic mass is 9.85. The quantitative estimate of drug-likeness (QED) is 0.317. The van der Waals surface area contributed by atoms with Gasteiger partial charge in [-0.25, -0.2) is 4.79 Å². The van der Waals surface area contributed by atoms with Crippen molar-refractivity contribution in [1.82, 2.24) is 0 Å². The second kappa shape index (κ2) is 10.3. The predicted molar refractivity (Wildman–Crippen MR) is 147 cm³/mol. The van der Waals surface area contributed by atoms with Gasteiger partial charge in [0.25, 0.3) is 5.60 Å². The summed E-state index contributed by atoms with van der Waals surface area (Å²) in [5.41, 5.74) is -2.55. The molecule has 0 aromatic heterocycles. The van der Waals surface area contributed by atoms with E-state index in [4.69, 9.17) is 33.2 Å². The van der Waals surface area contributed by atoms with Crippen molar-refractivity contribution in [2.45, 2.75) is 55.8 Å². The molecule has 0 saturated heterocycles. The van der Waals surface area contributed by atoms with Gasteiger partial charge in [-0.1, -0.05) is 30.3 Å². The zero-order chi connectivity index (χ0) is 30.7. The van der Waals surface area contributed by atoms with Crippen molar-refractivity contribution < 1.29 is 51.1 Å². The number of ether oxygens (including phenoxy) is 7. The van der Waals surface area contributed by atoms with Gasteiger partial charge in [0, 0.05) is 42.4 Å². The zero-order valence-electron chi connectivity index (χ0n) is 24.2. The molecule has 8 nitrogen and oxygen atoms in total. The summed E-state index contributed by atoms with van der Waals surface area (Å²) in [4.78, 5) is 13.4. The molecule has 0 amide bonds. The Morgan fingerprint density at radius 1 is 0.907 bits per heavy atom. The predicted octanol–water partition coefficient (Wildman–Crippen LogP) is 6.04. The van der Waals surface area contributed by atoms with E-state index in [9.17, 15) is 18.0 Å². The SMILES string of the molecule is COc1cc2c(cc1OC)[C@@H]1COc3cc4c(cc3[C@@H]1O2)C[C@@H](OC(=O)[C@](OC)(c1ccccc1)C(F)(F)F)C(C)(C)O4. The molecule has 0 spiro atoms. The van der Waals surface area contributed by atoms with E-state index in [-0.39, 0.29) is 24.0 Å². The lowest BCUT2D eigenvalue weighted by Gasteiger charge is -2.42. The Kier molecular flexibility index (Phi) is 6.91. The van der Waals surface area contributed by atoms with Crippen LogP contribution < -0.4 is 23.7 Å². The van der Waals surface area contributed by atoms with Gasteiger partial charge in [0.1, 0.15) is 35.1 Å². The van der Waals surface area contributed by atoms with E-state index in [1.54, 1.807) is 46.3 Å². The van der Waals surface area contributed by atoms with Crippen molar-refractivity contribution in [2.75, 3.05) is 27.9 Å². The fourth-order valence-corrected chi connectivity index (χ4v) is 6.09. The van der Waals surface area contributed by atoms with E-state index in [0.717, 1.165) is 18.2 Å². The standard InChI is InChI=1S/C32H31F3O8/c1-30(2)27(42-29(36)31(39-5,32(33,34)35)18-9-7-6-8-10-18)12-17-11-20-23(14-22(17)43-30)40-16-21-19-13-25(37-3)26(38-4)15-24(19)41-28(20)21/h6-11,13-15,21,27-28H,12,16H2,1-5H3/t21-,27+,28-,31+/m0/s1. The fourth-order valence-electron chi connectivity index (χ4n) is 6.09. The third kappa shape index (κ3) is 4.52. The largest absolute Gasteiger partial charge is 0.493 e. The van der Waals surface area contributed by atoms with E-state index < -0.39 is 29.5 Å². The van der Waals surface area contributed by atoms with Crippen molar-refractivity contribution in [3.8, 4) is 28.7 Å². The Bertz CT molecular complexity index is 1550. The molecule has 4 atom stereocenters. The molecule has 0 radical (unpaired) electrons. The summed E-state index contributed by atoms with van der Waals surface area (Å²) in [6.07, 6.45) is -6.45. The van der Waals surface area contributed by atoms with E-state index >= 15 is 0 Å². The highest BCUT2D eigenvalue weighted by Gasteiger charge is 2.65. The molecule has 3 heterocycles. The smallest absolute Gasteiger partial charge is 0.432 e. The minimum Gasteiger partial charge on any atom is -0.493 e. The average Bonchev–Trinajstić information content (AvgIpc) is 3.34. The molecular formula is C32H31F3O8. The Morgan fingerprint density at radius 3 is 2.26 bits per heavy atom. The first-order valence-electron chi connectivity index (χ1n) is 13.7. The third-order valence-electron chi connectivity index (χ3n) is 8.43. The molecule has 43 heavy (non-hydrogen) atoms. The van der Waals surface area contributed by atoms with Crippen molar-refractivity contribution in [2.24, 2.45) is 0 Å². The highest BCUT2D eigenvalue weighted by Crippen LogP contribution is 2.55. The molecule has 0 N–H and O–H groups in total. The molecule has 3 aromatic carbocycles. The number of halogens is 3. The second-order valence-corrected chi connectivity index (χ2v) is 11.3. The van der Waals surface area contributed by atoms with Crippen LogP contribution in [0.2, 0.25) is 0 Å². The first-order valence-corrected chi connectivity index (χ1v) is 13.7. The van der Waals surface area contributed by atoms with Crippen LogP contribution in [0.3, 0.4) is 0 Å². The van der Waals surface area contributed by atoms with Gasteiger partial charge in [-0.15, -0.1) is 0 Å². The number of hydrogen-bond acceptors (Lipinski definition) is 8. The fraction of sp³-hybridized carbons (Fsp3) is 0.406. The maximum absolute atomic E-state index is 14.5. The number of alkyl halides is 3.